The summed E-state index contributed by atoms with van der Waals surface area (Å²) in [7, 11) is 0. The molecule has 1 aromatic heterocycles. The van der Waals surface area contributed by atoms with Crippen LogP contribution in [0.2, 0.25) is 0 Å². The predicted molar refractivity (Wildman–Crippen MR) is 72.6 cm³/mol. The topological polar surface area (TPSA) is 32.3 Å². The largest absolute Gasteiger partial charge is 0.340 e. The molecule has 0 spiro atoms. The van der Waals surface area contributed by atoms with Gasteiger partial charge in [0.05, 0.1) is 0 Å². The Morgan fingerprint density at radius 2 is 1.83 bits per heavy atom. The molecule has 2 aliphatic heterocycles. The van der Waals surface area contributed by atoms with Crippen LogP contribution in [0, 0.1) is 11.8 Å². The molecule has 3 rings (SSSR count). The molecule has 0 aromatic carbocycles. The Bertz CT molecular complexity index is 392. The van der Waals surface area contributed by atoms with Crippen LogP contribution in [0.25, 0.3) is 0 Å². The van der Waals surface area contributed by atoms with E-state index in [1.165, 1.54) is 19.5 Å². The SMILES string of the molecule is CC(C)N1C[C@H]2CCN(c3ncccn3)C[C@H]2C1. The van der Waals surface area contributed by atoms with Gasteiger partial charge in [-0.1, -0.05) is 0 Å². The Kier molecular flexibility index (Phi) is 3.20. The summed E-state index contributed by atoms with van der Waals surface area (Å²) >= 11 is 0. The van der Waals surface area contributed by atoms with E-state index in [0.29, 0.717) is 6.04 Å². The average molecular weight is 246 g/mol. The third-order valence-corrected chi connectivity index (χ3v) is 4.39. The van der Waals surface area contributed by atoms with E-state index in [-0.39, 0.29) is 0 Å². The molecule has 0 amide bonds. The number of hydrogen-bond acceptors (Lipinski definition) is 4. The van der Waals surface area contributed by atoms with Crippen molar-refractivity contribution >= 4 is 5.95 Å². The molecule has 0 N–H and O–H groups in total. The van der Waals surface area contributed by atoms with Crippen LogP contribution in [0.15, 0.2) is 18.5 Å². The van der Waals surface area contributed by atoms with Crippen LogP contribution in [-0.4, -0.2) is 47.1 Å². The van der Waals surface area contributed by atoms with E-state index in [4.69, 9.17) is 0 Å². The zero-order chi connectivity index (χ0) is 12.5. The maximum atomic E-state index is 4.37. The molecule has 98 valence electrons. The van der Waals surface area contributed by atoms with E-state index in [1.54, 1.807) is 0 Å². The van der Waals surface area contributed by atoms with Crippen molar-refractivity contribution in [2.45, 2.75) is 26.3 Å². The van der Waals surface area contributed by atoms with Crippen LogP contribution < -0.4 is 4.90 Å². The monoisotopic (exact) mass is 246 g/mol. The molecule has 2 saturated heterocycles. The van der Waals surface area contributed by atoms with Gasteiger partial charge < -0.3 is 9.80 Å². The van der Waals surface area contributed by atoms with Crippen molar-refractivity contribution < 1.29 is 0 Å². The number of anilines is 1. The van der Waals surface area contributed by atoms with Crippen molar-refractivity contribution in [1.29, 1.82) is 0 Å². The molecule has 0 radical (unpaired) electrons. The minimum atomic E-state index is 0.678. The molecular weight excluding hydrogens is 224 g/mol. The highest BCUT2D eigenvalue weighted by atomic mass is 15.3. The number of fused-ring (bicyclic) bond motifs is 1. The third kappa shape index (κ3) is 2.21. The van der Waals surface area contributed by atoms with E-state index in [2.05, 4.69) is 33.6 Å². The molecule has 3 heterocycles. The summed E-state index contributed by atoms with van der Waals surface area (Å²) in [5.41, 5.74) is 0. The summed E-state index contributed by atoms with van der Waals surface area (Å²) < 4.78 is 0. The van der Waals surface area contributed by atoms with Gasteiger partial charge in [0, 0.05) is 44.6 Å². The highest BCUT2D eigenvalue weighted by Crippen LogP contribution is 2.33. The van der Waals surface area contributed by atoms with Gasteiger partial charge in [-0.3, -0.25) is 0 Å². The van der Waals surface area contributed by atoms with Crippen LogP contribution in [0.4, 0.5) is 5.95 Å². The number of hydrogen-bond donors (Lipinski definition) is 0. The number of piperidine rings is 1. The summed E-state index contributed by atoms with van der Waals surface area (Å²) in [6.45, 7) is 9.36. The second kappa shape index (κ2) is 4.84. The lowest BCUT2D eigenvalue weighted by atomic mass is 9.89. The van der Waals surface area contributed by atoms with E-state index in [9.17, 15) is 0 Å². The van der Waals surface area contributed by atoms with Crippen molar-refractivity contribution in [3.8, 4) is 0 Å². The highest BCUT2D eigenvalue weighted by molar-refractivity contribution is 5.29. The van der Waals surface area contributed by atoms with E-state index < -0.39 is 0 Å². The van der Waals surface area contributed by atoms with Gasteiger partial charge in [0.1, 0.15) is 0 Å². The second-order valence-corrected chi connectivity index (χ2v) is 5.85. The number of nitrogens with zero attached hydrogens (tertiary/aromatic N) is 4. The Balaban J connectivity index is 1.67. The van der Waals surface area contributed by atoms with Gasteiger partial charge in [-0.2, -0.15) is 0 Å². The summed E-state index contributed by atoms with van der Waals surface area (Å²) in [5.74, 6) is 2.58. The summed E-state index contributed by atoms with van der Waals surface area (Å²) in [6, 6.07) is 2.56. The number of aromatic nitrogens is 2. The van der Waals surface area contributed by atoms with Gasteiger partial charge in [0.15, 0.2) is 0 Å². The van der Waals surface area contributed by atoms with E-state index in [1.807, 2.05) is 18.5 Å². The zero-order valence-electron chi connectivity index (χ0n) is 11.3. The first kappa shape index (κ1) is 11.9. The van der Waals surface area contributed by atoms with E-state index in [0.717, 1.165) is 30.9 Å². The van der Waals surface area contributed by atoms with E-state index >= 15 is 0 Å². The molecule has 0 aliphatic carbocycles. The molecule has 0 unspecified atom stereocenters. The lowest BCUT2D eigenvalue weighted by molar-refractivity contribution is 0.262. The van der Waals surface area contributed by atoms with Gasteiger partial charge >= 0.3 is 0 Å². The quantitative estimate of drug-likeness (QED) is 0.794. The normalized spacial score (nSPS) is 28.7. The summed E-state index contributed by atoms with van der Waals surface area (Å²) in [6.07, 6.45) is 4.96. The van der Waals surface area contributed by atoms with Gasteiger partial charge in [0.2, 0.25) is 5.95 Å². The van der Waals surface area contributed by atoms with Crippen LogP contribution in [0.3, 0.4) is 0 Å². The fourth-order valence-electron chi connectivity index (χ4n) is 3.26. The summed E-state index contributed by atoms with van der Waals surface area (Å²) in [4.78, 5) is 13.7. The minimum absolute atomic E-state index is 0.678. The fraction of sp³-hybridized carbons (Fsp3) is 0.714. The first-order chi connectivity index (χ1) is 8.74. The number of rotatable bonds is 2. The molecular formula is C14H22N4. The Hall–Kier alpha value is -1.16. The van der Waals surface area contributed by atoms with Crippen molar-refractivity contribution in [2.24, 2.45) is 11.8 Å². The van der Waals surface area contributed by atoms with Crippen LogP contribution in [0.1, 0.15) is 20.3 Å². The fourth-order valence-corrected chi connectivity index (χ4v) is 3.26. The molecule has 1 aromatic rings. The highest BCUT2D eigenvalue weighted by Gasteiger charge is 2.38. The first-order valence-corrected chi connectivity index (χ1v) is 7.00. The number of likely N-dealkylation sites (tertiary alicyclic amines) is 1. The summed E-state index contributed by atoms with van der Waals surface area (Å²) in [5, 5.41) is 0. The maximum Gasteiger partial charge on any atom is 0.225 e. The molecule has 18 heavy (non-hydrogen) atoms. The molecule has 4 heteroatoms. The lowest BCUT2D eigenvalue weighted by Gasteiger charge is -2.34. The molecule has 0 saturated carbocycles. The molecule has 2 fully saturated rings. The van der Waals surface area contributed by atoms with Crippen LogP contribution in [-0.2, 0) is 0 Å². The Morgan fingerprint density at radius 1 is 1.11 bits per heavy atom. The minimum Gasteiger partial charge on any atom is -0.340 e. The maximum absolute atomic E-state index is 4.37. The molecule has 0 bridgehead atoms. The van der Waals surface area contributed by atoms with Crippen molar-refractivity contribution in [1.82, 2.24) is 14.9 Å². The standard InChI is InChI=1S/C14H22N4/c1-11(2)18-8-12-4-7-17(9-13(12)10-18)14-15-5-3-6-16-14/h3,5-6,11-13H,4,7-10H2,1-2H3/t12-,13+/m1/s1. The Labute approximate surface area is 109 Å². The van der Waals surface area contributed by atoms with Crippen LogP contribution >= 0.6 is 0 Å². The van der Waals surface area contributed by atoms with Gasteiger partial charge in [-0.25, -0.2) is 9.97 Å². The Morgan fingerprint density at radius 3 is 2.56 bits per heavy atom. The van der Waals surface area contributed by atoms with Gasteiger partial charge in [0.25, 0.3) is 0 Å². The second-order valence-electron chi connectivity index (χ2n) is 5.85. The van der Waals surface area contributed by atoms with Gasteiger partial charge in [-0.05, 0) is 38.2 Å². The molecule has 4 nitrogen and oxygen atoms in total. The molecule has 2 aliphatic rings. The smallest absolute Gasteiger partial charge is 0.225 e. The zero-order valence-corrected chi connectivity index (χ0v) is 11.3. The van der Waals surface area contributed by atoms with Gasteiger partial charge in [-0.15, -0.1) is 0 Å². The first-order valence-electron chi connectivity index (χ1n) is 7.00. The van der Waals surface area contributed by atoms with Crippen LogP contribution in [0.5, 0.6) is 0 Å². The average Bonchev–Trinajstić information content (AvgIpc) is 2.82. The lowest BCUT2D eigenvalue weighted by Crippen LogP contribution is -2.40. The third-order valence-electron chi connectivity index (χ3n) is 4.39. The van der Waals surface area contributed by atoms with Crippen molar-refractivity contribution in [3.63, 3.8) is 0 Å². The predicted octanol–water partition coefficient (Wildman–Crippen LogP) is 1.64. The van der Waals surface area contributed by atoms with Crippen molar-refractivity contribution in [3.05, 3.63) is 18.5 Å². The van der Waals surface area contributed by atoms with Crippen molar-refractivity contribution in [2.75, 3.05) is 31.1 Å². The molecule has 2 atom stereocenters.